The van der Waals surface area contributed by atoms with Crippen LogP contribution in [0.1, 0.15) is 19.0 Å². The van der Waals surface area contributed by atoms with Gasteiger partial charge in [0.2, 0.25) is 0 Å². The van der Waals surface area contributed by atoms with Crippen LogP contribution in [0.2, 0.25) is 0 Å². The van der Waals surface area contributed by atoms with Crippen LogP contribution < -0.4 is 10.6 Å². The fourth-order valence-corrected chi connectivity index (χ4v) is 2.74. The minimum absolute atomic E-state index is 0.122. The summed E-state index contributed by atoms with van der Waals surface area (Å²) in [6, 6.07) is 6.22. The molecule has 2 N–H and O–H groups in total. The molecule has 0 aromatic carbocycles. The quantitative estimate of drug-likeness (QED) is 0.920. The lowest BCUT2D eigenvalue weighted by molar-refractivity contribution is 0.152. The van der Waals surface area contributed by atoms with Crippen LogP contribution >= 0.6 is 0 Å². The Balaban J connectivity index is 2.03. The summed E-state index contributed by atoms with van der Waals surface area (Å²) in [5.74, 6) is 1.07. The smallest absolute Gasteiger partial charge is 0.151 e. The molecule has 1 aliphatic rings. The van der Waals surface area contributed by atoms with Gasteiger partial charge in [0, 0.05) is 38.4 Å². The molecule has 5 nitrogen and oxygen atoms in total. The van der Waals surface area contributed by atoms with Crippen molar-refractivity contribution in [1.82, 2.24) is 9.38 Å². The average molecular weight is 274 g/mol. The van der Waals surface area contributed by atoms with Crippen molar-refractivity contribution in [2.24, 2.45) is 5.73 Å². The number of nitrogens with zero attached hydrogens (tertiary/aromatic N) is 3. The lowest BCUT2D eigenvalue weighted by Crippen LogP contribution is -2.28. The van der Waals surface area contributed by atoms with E-state index in [2.05, 4.69) is 15.5 Å². The first kappa shape index (κ1) is 13.4. The van der Waals surface area contributed by atoms with Gasteiger partial charge in [-0.05, 0) is 25.5 Å². The number of rotatable bonds is 3. The van der Waals surface area contributed by atoms with Crippen LogP contribution in [0.5, 0.6) is 0 Å². The zero-order chi connectivity index (χ0) is 13.9. The molecule has 0 aliphatic carbocycles. The summed E-state index contributed by atoms with van der Waals surface area (Å²) in [6.45, 7) is 5.54. The molecular formula is C15H22N4O. The summed E-state index contributed by atoms with van der Waals surface area (Å²) in [7, 11) is 0. The summed E-state index contributed by atoms with van der Waals surface area (Å²) < 4.78 is 7.70. The molecular weight excluding hydrogens is 252 g/mol. The highest BCUT2D eigenvalue weighted by molar-refractivity contribution is 5.56. The molecule has 3 rings (SSSR count). The van der Waals surface area contributed by atoms with Gasteiger partial charge in [0.05, 0.1) is 12.3 Å². The Morgan fingerprint density at radius 1 is 1.35 bits per heavy atom. The summed E-state index contributed by atoms with van der Waals surface area (Å²) in [5.41, 5.74) is 8.21. The van der Waals surface area contributed by atoms with Crippen molar-refractivity contribution >= 4 is 11.5 Å². The fourth-order valence-electron chi connectivity index (χ4n) is 2.74. The van der Waals surface area contributed by atoms with Crippen LogP contribution in [0.25, 0.3) is 5.65 Å². The van der Waals surface area contributed by atoms with Gasteiger partial charge in [-0.2, -0.15) is 0 Å². The molecule has 1 unspecified atom stereocenters. The maximum absolute atomic E-state index is 6.02. The number of hydrogen-bond acceptors (Lipinski definition) is 4. The van der Waals surface area contributed by atoms with E-state index in [4.69, 9.17) is 15.5 Å². The van der Waals surface area contributed by atoms with E-state index in [1.165, 1.54) is 5.69 Å². The molecule has 20 heavy (non-hydrogen) atoms. The third-order valence-electron chi connectivity index (χ3n) is 3.64. The van der Waals surface area contributed by atoms with Crippen molar-refractivity contribution < 1.29 is 4.74 Å². The normalized spacial score (nSPS) is 18.2. The summed E-state index contributed by atoms with van der Waals surface area (Å²) in [6.07, 6.45) is 3.95. The van der Waals surface area contributed by atoms with E-state index in [-0.39, 0.29) is 6.04 Å². The highest BCUT2D eigenvalue weighted by Crippen LogP contribution is 2.24. The number of imidazole rings is 1. The van der Waals surface area contributed by atoms with Crippen molar-refractivity contribution in [1.29, 1.82) is 0 Å². The lowest BCUT2D eigenvalue weighted by Gasteiger charge is -2.21. The van der Waals surface area contributed by atoms with Crippen LogP contribution in [-0.2, 0) is 11.2 Å². The van der Waals surface area contributed by atoms with Crippen molar-refractivity contribution in [2.75, 3.05) is 31.2 Å². The Bertz CT molecular complexity index is 570. The van der Waals surface area contributed by atoms with Crippen LogP contribution in [0.3, 0.4) is 0 Å². The number of aromatic nitrogens is 2. The van der Waals surface area contributed by atoms with Gasteiger partial charge in [-0.25, -0.2) is 4.98 Å². The van der Waals surface area contributed by atoms with Crippen LogP contribution in [-0.4, -0.2) is 41.7 Å². The number of hydrogen-bond donors (Lipinski definition) is 1. The fraction of sp³-hybridized carbons (Fsp3) is 0.533. The van der Waals surface area contributed by atoms with Gasteiger partial charge in [-0.3, -0.25) is 0 Å². The van der Waals surface area contributed by atoms with Gasteiger partial charge < -0.3 is 19.8 Å². The molecule has 0 bridgehead atoms. The van der Waals surface area contributed by atoms with E-state index >= 15 is 0 Å². The third-order valence-corrected chi connectivity index (χ3v) is 3.64. The number of pyridine rings is 1. The first-order valence-electron chi connectivity index (χ1n) is 7.30. The van der Waals surface area contributed by atoms with Gasteiger partial charge in [0.1, 0.15) is 5.65 Å². The molecule has 108 valence electrons. The first-order chi connectivity index (χ1) is 9.75. The second-order valence-electron chi connectivity index (χ2n) is 5.45. The highest BCUT2D eigenvalue weighted by Gasteiger charge is 2.20. The second kappa shape index (κ2) is 5.81. The minimum atomic E-state index is 0.122. The number of fused-ring (bicyclic) bond motifs is 1. The van der Waals surface area contributed by atoms with Gasteiger partial charge >= 0.3 is 0 Å². The molecule has 0 amide bonds. The highest BCUT2D eigenvalue weighted by atomic mass is 16.5. The Kier molecular flexibility index (Phi) is 3.89. The predicted molar refractivity (Wildman–Crippen MR) is 80.2 cm³/mol. The molecule has 0 radical (unpaired) electrons. The summed E-state index contributed by atoms with van der Waals surface area (Å²) in [5, 5.41) is 0. The van der Waals surface area contributed by atoms with Gasteiger partial charge in [-0.15, -0.1) is 0 Å². The van der Waals surface area contributed by atoms with Gasteiger partial charge in [0.25, 0.3) is 0 Å². The standard InChI is InChI=1S/C15H22N4O/c1-12(16)11-13-15(18-6-4-9-20-10-8-18)17-14-5-2-3-7-19(13)14/h2-3,5,7,12H,4,6,8-11,16H2,1H3. The van der Waals surface area contributed by atoms with Crippen LogP contribution in [0.15, 0.2) is 24.4 Å². The number of nitrogens with two attached hydrogens (primary N) is 1. The molecule has 5 heteroatoms. The Hall–Kier alpha value is -1.59. The zero-order valence-corrected chi connectivity index (χ0v) is 12.0. The minimum Gasteiger partial charge on any atom is -0.380 e. The maximum atomic E-state index is 6.02. The maximum Gasteiger partial charge on any atom is 0.151 e. The molecule has 2 aromatic rings. The number of anilines is 1. The average Bonchev–Trinajstić information content (AvgIpc) is 2.64. The topological polar surface area (TPSA) is 55.8 Å². The molecule has 2 aromatic heterocycles. The summed E-state index contributed by atoms with van der Waals surface area (Å²) >= 11 is 0. The lowest BCUT2D eigenvalue weighted by atomic mass is 10.2. The van der Waals surface area contributed by atoms with E-state index in [1.54, 1.807) is 0 Å². The second-order valence-corrected chi connectivity index (χ2v) is 5.45. The van der Waals surface area contributed by atoms with E-state index < -0.39 is 0 Å². The van der Waals surface area contributed by atoms with E-state index in [1.807, 2.05) is 25.1 Å². The van der Waals surface area contributed by atoms with Crippen molar-refractivity contribution in [3.8, 4) is 0 Å². The molecule has 1 saturated heterocycles. The predicted octanol–water partition coefficient (Wildman–Crippen LogP) is 1.45. The zero-order valence-electron chi connectivity index (χ0n) is 12.0. The van der Waals surface area contributed by atoms with Crippen LogP contribution in [0.4, 0.5) is 5.82 Å². The molecule has 1 fully saturated rings. The Morgan fingerprint density at radius 3 is 3.10 bits per heavy atom. The Labute approximate surface area is 119 Å². The van der Waals surface area contributed by atoms with E-state index in [0.717, 1.165) is 50.6 Å². The van der Waals surface area contributed by atoms with Crippen molar-refractivity contribution in [3.05, 3.63) is 30.1 Å². The van der Waals surface area contributed by atoms with Crippen molar-refractivity contribution in [2.45, 2.75) is 25.8 Å². The SMILES string of the molecule is CC(N)Cc1c(N2CCCOCC2)nc2ccccn12. The van der Waals surface area contributed by atoms with E-state index in [9.17, 15) is 0 Å². The Morgan fingerprint density at radius 2 is 2.25 bits per heavy atom. The molecule has 0 saturated carbocycles. The monoisotopic (exact) mass is 274 g/mol. The molecule has 1 atom stereocenters. The number of ether oxygens (including phenoxy) is 1. The van der Waals surface area contributed by atoms with Gasteiger partial charge in [-0.1, -0.05) is 6.07 Å². The molecule has 1 aliphatic heterocycles. The third kappa shape index (κ3) is 2.64. The first-order valence-corrected chi connectivity index (χ1v) is 7.30. The van der Waals surface area contributed by atoms with E-state index in [0.29, 0.717) is 0 Å². The van der Waals surface area contributed by atoms with Crippen LogP contribution in [0, 0.1) is 0 Å². The van der Waals surface area contributed by atoms with Gasteiger partial charge in [0.15, 0.2) is 5.82 Å². The largest absolute Gasteiger partial charge is 0.380 e. The van der Waals surface area contributed by atoms with Crippen molar-refractivity contribution in [3.63, 3.8) is 0 Å². The molecule has 0 spiro atoms. The summed E-state index contributed by atoms with van der Waals surface area (Å²) in [4.78, 5) is 7.14. The molecule has 3 heterocycles.